The van der Waals surface area contributed by atoms with Crippen molar-refractivity contribution in [3.63, 3.8) is 0 Å². The second kappa shape index (κ2) is 8.98. The molecule has 0 fully saturated rings. The highest BCUT2D eigenvalue weighted by Gasteiger charge is 2.18. The normalized spacial score (nSPS) is 14.3. The average Bonchev–Trinajstić information content (AvgIpc) is 2.43. The zero-order valence-electron chi connectivity index (χ0n) is 11.2. The molecular formula is C14H22FNO3. The highest BCUT2D eigenvalue weighted by atomic mass is 19.1. The van der Waals surface area contributed by atoms with Crippen molar-refractivity contribution in [1.29, 1.82) is 0 Å². The molecule has 0 heterocycles. The second-order valence-corrected chi connectivity index (χ2v) is 4.30. The number of ether oxygens (including phenoxy) is 1. The first kappa shape index (κ1) is 16.0. The summed E-state index contributed by atoms with van der Waals surface area (Å²) in [6.45, 7) is 3.37. The molecule has 0 radical (unpaired) electrons. The van der Waals surface area contributed by atoms with Gasteiger partial charge in [0.05, 0.1) is 25.9 Å². The minimum absolute atomic E-state index is 0.00934. The molecule has 2 unspecified atom stereocenters. The number of aliphatic hydroxyl groups excluding tert-OH is 2. The lowest BCUT2D eigenvalue weighted by molar-refractivity contribution is 0.0824. The third-order valence-corrected chi connectivity index (χ3v) is 2.92. The van der Waals surface area contributed by atoms with Crippen LogP contribution in [0.2, 0.25) is 0 Å². The van der Waals surface area contributed by atoms with E-state index in [0.29, 0.717) is 25.3 Å². The Kier molecular flexibility index (Phi) is 7.59. The van der Waals surface area contributed by atoms with Gasteiger partial charge in [-0.25, -0.2) is 4.39 Å². The van der Waals surface area contributed by atoms with E-state index >= 15 is 0 Å². The van der Waals surface area contributed by atoms with Gasteiger partial charge in [-0.15, -0.1) is 0 Å². The van der Waals surface area contributed by atoms with Crippen LogP contribution in [0.25, 0.3) is 0 Å². The van der Waals surface area contributed by atoms with Gasteiger partial charge in [-0.05, 0) is 24.1 Å². The highest BCUT2D eigenvalue weighted by Crippen LogP contribution is 2.19. The summed E-state index contributed by atoms with van der Waals surface area (Å²) in [5.74, 6) is -0.311. The zero-order chi connectivity index (χ0) is 14.1. The van der Waals surface area contributed by atoms with Crippen molar-refractivity contribution >= 4 is 0 Å². The molecule has 0 bridgehead atoms. The van der Waals surface area contributed by atoms with E-state index in [1.807, 2.05) is 6.92 Å². The third-order valence-electron chi connectivity index (χ3n) is 2.92. The van der Waals surface area contributed by atoms with Gasteiger partial charge < -0.3 is 20.3 Å². The number of rotatable bonds is 9. The summed E-state index contributed by atoms with van der Waals surface area (Å²) >= 11 is 0. The largest absolute Gasteiger partial charge is 0.394 e. The summed E-state index contributed by atoms with van der Waals surface area (Å²) in [5.41, 5.74) is 0.692. The number of halogens is 1. The predicted octanol–water partition coefficient (Wildman–Crippen LogP) is 1.24. The number of benzene rings is 1. The van der Waals surface area contributed by atoms with Gasteiger partial charge in [-0.3, -0.25) is 0 Å². The first-order valence-electron chi connectivity index (χ1n) is 6.54. The number of hydrogen-bond acceptors (Lipinski definition) is 4. The van der Waals surface area contributed by atoms with Crippen molar-refractivity contribution in [2.45, 2.75) is 25.5 Å². The van der Waals surface area contributed by atoms with E-state index < -0.39 is 6.10 Å². The lowest BCUT2D eigenvalue weighted by Crippen LogP contribution is -2.36. The molecule has 4 nitrogen and oxygen atoms in total. The van der Waals surface area contributed by atoms with Gasteiger partial charge in [0.25, 0.3) is 0 Å². The number of hydrogen-bond donors (Lipinski definition) is 3. The maximum Gasteiger partial charge on any atom is 0.123 e. The zero-order valence-corrected chi connectivity index (χ0v) is 11.2. The summed E-state index contributed by atoms with van der Waals surface area (Å²) < 4.78 is 18.0. The van der Waals surface area contributed by atoms with Gasteiger partial charge >= 0.3 is 0 Å². The third kappa shape index (κ3) is 5.65. The smallest absolute Gasteiger partial charge is 0.123 e. The van der Waals surface area contributed by atoms with Crippen LogP contribution in [0.15, 0.2) is 24.3 Å². The van der Waals surface area contributed by atoms with E-state index in [0.717, 1.165) is 6.42 Å². The Morgan fingerprint density at radius 3 is 2.53 bits per heavy atom. The van der Waals surface area contributed by atoms with Gasteiger partial charge in [-0.1, -0.05) is 19.1 Å². The van der Waals surface area contributed by atoms with E-state index in [9.17, 15) is 9.50 Å². The lowest BCUT2D eigenvalue weighted by Gasteiger charge is -2.23. The molecule has 108 valence electrons. The van der Waals surface area contributed by atoms with Gasteiger partial charge in [0, 0.05) is 12.6 Å². The Morgan fingerprint density at radius 2 is 1.95 bits per heavy atom. The molecule has 0 aliphatic rings. The Balaban J connectivity index is 2.42. The molecule has 0 aliphatic heterocycles. The summed E-state index contributed by atoms with van der Waals surface area (Å²) in [6, 6.07) is 5.76. The minimum Gasteiger partial charge on any atom is -0.394 e. The first-order valence-corrected chi connectivity index (χ1v) is 6.54. The van der Waals surface area contributed by atoms with Crippen LogP contribution in [0.3, 0.4) is 0 Å². The fraction of sp³-hybridized carbons (Fsp3) is 0.571. The van der Waals surface area contributed by atoms with Crippen molar-refractivity contribution < 1.29 is 19.3 Å². The topological polar surface area (TPSA) is 61.7 Å². The number of aliphatic hydroxyl groups is 2. The maximum absolute atomic E-state index is 12.8. The molecule has 0 aromatic heterocycles. The van der Waals surface area contributed by atoms with Gasteiger partial charge in [0.15, 0.2) is 0 Å². The van der Waals surface area contributed by atoms with Crippen molar-refractivity contribution in [3.8, 4) is 0 Å². The summed E-state index contributed by atoms with van der Waals surface area (Å²) in [4.78, 5) is 0. The van der Waals surface area contributed by atoms with Crippen molar-refractivity contribution in [3.05, 3.63) is 35.6 Å². The molecule has 5 heteroatoms. The molecule has 1 aromatic rings. The quantitative estimate of drug-likeness (QED) is 0.591. The Morgan fingerprint density at radius 1 is 1.26 bits per heavy atom. The standard InChI is InChI=1S/C14H22FNO3/c1-2-13(16-7-9-19-10-8-17)14(18)11-3-5-12(15)6-4-11/h3-6,13-14,16-18H,2,7-10H2,1H3. The van der Waals surface area contributed by atoms with E-state index in [1.54, 1.807) is 12.1 Å². The molecule has 2 atom stereocenters. The van der Waals surface area contributed by atoms with E-state index in [-0.39, 0.29) is 18.5 Å². The molecule has 0 spiro atoms. The van der Waals surface area contributed by atoms with Crippen molar-refractivity contribution in [1.82, 2.24) is 5.32 Å². The monoisotopic (exact) mass is 271 g/mol. The van der Waals surface area contributed by atoms with Crippen LogP contribution < -0.4 is 5.32 Å². The van der Waals surface area contributed by atoms with Crippen LogP contribution in [0, 0.1) is 5.82 Å². The molecule has 1 rings (SSSR count). The fourth-order valence-electron chi connectivity index (χ4n) is 1.85. The predicted molar refractivity (Wildman–Crippen MR) is 71.3 cm³/mol. The van der Waals surface area contributed by atoms with E-state index in [1.165, 1.54) is 12.1 Å². The lowest BCUT2D eigenvalue weighted by atomic mass is 10.0. The van der Waals surface area contributed by atoms with Gasteiger partial charge in [0.1, 0.15) is 5.82 Å². The molecule has 0 amide bonds. The average molecular weight is 271 g/mol. The van der Waals surface area contributed by atoms with Crippen LogP contribution in [0.5, 0.6) is 0 Å². The fourth-order valence-corrected chi connectivity index (χ4v) is 1.85. The maximum atomic E-state index is 12.8. The first-order chi connectivity index (χ1) is 9.19. The molecule has 19 heavy (non-hydrogen) atoms. The highest BCUT2D eigenvalue weighted by molar-refractivity contribution is 5.19. The van der Waals surface area contributed by atoms with Crippen LogP contribution in [0.4, 0.5) is 4.39 Å². The van der Waals surface area contributed by atoms with Crippen molar-refractivity contribution in [2.75, 3.05) is 26.4 Å². The molecule has 0 saturated heterocycles. The van der Waals surface area contributed by atoms with Crippen molar-refractivity contribution in [2.24, 2.45) is 0 Å². The summed E-state index contributed by atoms with van der Waals surface area (Å²) in [7, 11) is 0. The van der Waals surface area contributed by atoms with Crippen LogP contribution in [-0.2, 0) is 4.74 Å². The Labute approximate surface area is 113 Å². The Hall–Kier alpha value is -1.01. The van der Waals surface area contributed by atoms with Gasteiger partial charge in [-0.2, -0.15) is 0 Å². The minimum atomic E-state index is -0.677. The molecule has 0 aliphatic carbocycles. The molecular weight excluding hydrogens is 249 g/mol. The Bertz CT molecular complexity index is 345. The van der Waals surface area contributed by atoms with Crippen LogP contribution in [-0.4, -0.2) is 42.6 Å². The molecule has 1 aromatic carbocycles. The van der Waals surface area contributed by atoms with Gasteiger partial charge in [0.2, 0.25) is 0 Å². The molecule has 0 saturated carbocycles. The second-order valence-electron chi connectivity index (χ2n) is 4.30. The summed E-state index contributed by atoms with van der Waals surface area (Å²) in [5, 5.41) is 22.0. The molecule has 3 N–H and O–H groups in total. The van der Waals surface area contributed by atoms with E-state index in [2.05, 4.69) is 5.32 Å². The van der Waals surface area contributed by atoms with Crippen LogP contribution in [0.1, 0.15) is 25.0 Å². The van der Waals surface area contributed by atoms with E-state index in [4.69, 9.17) is 9.84 Å². The number of nitrogens with one attached hydrogen (secondary N) is 1. The van der Waals surface area contributed by atoms with Crippen LogP contribution >= 0.6 is 0 Å². The SMILES string of the molecule is CCC(NCCOCCO)C(O)c1ccc(F)cc1. The summed E-state index contributed by atoms with van der Waals surface area (Å²) in [6.07, 6.45) is 0.0712.